The minimum absolute atomic E-state index is 0.0481. The van der Waals surface area contributed by atoms with Crippen molar-refractivity contribution in [2.24, 2.45) is 5.73 Å². The Morgan fingerprint density at radius 3 is 2.18 bits per heavy atom. The number of rotatable bonds is 1. The highest BCUT2D eigenvalue weighted by atomic mass is 32.2. The number of hydrogen-bond donors (Lipinski definition) is 2. The third kappa shape index (κ3) is 2.22. The summed E-state index contributed by atoms with van der Waals surface area (Å²) in [6, 6.07) is 16.8. The van der Waals surface area contributed by atoms with Crippen molar-refractivity contribution in [1.29, 1.82) is 0 Å². The summed E-state index contributed by atoms with van der Waals surface area (Å²) in [5.74, 6) is 0. The van der Waals surface area contributed by atoms with Gasteiger partial charge in [0.15, 0.2) is 0 Å². The van der Waals surface area contributed by atoms with Crippen LogP contribution in [0.1, 0.15) is 19.3 Å². The molecule has 0 saturated heterocycles. The Morgan fingerprint density at radius 2 is 1.55 bits per heavy atom. The second-order valence-corrected chi connectivity index (χ2v) is 7.14. The van der Waals surface area contributed by atoms with Crippen molar-refractivity contribution in [3.63, 3.8) is 0 Å². The molecule has 1 aliphatic heterocycles. The fourth-order valence-electron chi connectivity index (χ4n) is 3.56. The highest BCUT2D eigenvalue weighted by molar-refractivity contribution is 7.99. The van der Waals surface area contributed by atoms with Crippen molar-refractivity contribution in [3.05, 3.63) is 48.5 Å². The van der Waals surface area contributed by atoms with Crippen molar-refractivity contribution in [2.75, 3.05) is 4.90 Å². The molecule has 2 aliphatic rings. The standard InChI is InChI=1S/C18H20N2OS/c19-12-6-5-9-15(18(12)21)20-13-7-1-3-10-16(13)22-17-11-4-2-8-14(17)20/h1-4,7-8,10-12,15,18,21H,5-6,9,19H2/t12-,15-,18?/m1/s1. The molecule has 1 fully saturated rings. The average Bonchev–Trinajstić information content (AvgIpc) is 2.55. The van der Waals surface area contributed by atoms with Crippen LogP contribution in [0.5, 0.6) is 0 Å². The molecule has 1 heterocycles. The number of anilines is 2. The monoisotopic (exact) mass is 312 g/mol. The summed E-state index contributed by atoms with van der Waals surface area (Å²) in [6.07, 6.45) is 2.46. The molecule has 0 radical (unpaired) electrons. The molecule has 2 aromatic carbocycles. The van der Waals surface area contributed by atoms with E-state index in [0.717, 1.165) is 19.3 Å². The van der Waals surface area contributed by atoms with Crippen LogP contribution in [0.4, 0.5) is 11.4 Å². The number of benzene rings is 2. The van der Waals surface area contributed by atoms with Gasteiger partial charge in [0.05, 0.1) is 23.5 Å². The van der Waals surface area contributed by atoms with Crippen LogP contribution in [-0.4, -0.2) is 23.3 Å². The van der Waals surface area contributed by atoms with Crippen LogP contribution in [0.15, 0.2) is 58.3 Å². The first-order valence-corrected chi connectivity index (χ1v) is 8.66. The van der Waals surface area contributed by atoms with Crippen molar-refractivity contribution in [1.82, 2.24) is 0 Å². The van der Waals surface area contributed by atoms with Crippen LogP contribution in [-0.2, 0) is 0 Å². The molecular formula is C18H20N2OS. The first-order chi connectivity index (χ1) is 10.8. The van der Waals surface area contributed by atoms with Crippen LogP contribution in [0.25, 0.3) is 0 Å². The molecule has 22 heavy (non-hydrogen) atoms. The Morgan fingerprint density at radius 1 is 0.955 bits per heavy atom. The van der Waals surface area contributed by atoms with Crippen molar-refractivity contribution < 1.29 is 5.11 Å². The van der Waals surface area contributed by atoms with Crippen molar-refractivity contribution >= 4 is 23.1 Å². The van der Waals surface area contributed by atoms with E-state index in [9.17, 15) is 5.11 Å². The maximum absolute atomic E-state index is 10.7. The van der Waals surface area contributed by atoms with E-state index >= 15 is 0 Å². The van der Waals surface area contributed by atoms with Gasteiger partial charge in [-0.25, -0.2) is 0 Å². The topological polar surface area (TPSA) is 49.5 Å². The molecule has 0 bridgehead atoms. The van der Waals surface area contributed by atoms with Gasteiger partial charge in [-0.15, -0.1) is 0 Å². The van der Waals surface area contributed by atoms with Crippen molar-refractivity contribution in [2.45, 2.75) is 47.2 Å². The molecule has 0 amide bonds. The first-order valence-electron chi connectivity index (χ1n) is 7.84. The van der Waals surface area contributed by atoms with Gasteiger partial charge in [-0.3, -0.25) is 0 Å². The van der Waals surface area contributed by atoms with E-state index < -0.39 is 6.10 Å². The molecule has 114 valence electrons. The molecule has 0 aromatic heterocycles. The largest absolute Gasteiger partial charge is 0.389 e. The molecule has 3 nitrogen and oxygen atoms in total. The first kappa shape index (κ1) is 14.1. The van der Waals surface area contributed by atoms with Gasteiger partial charge in [0.2, 0.25) is 0 Å². The summed E-state index contributed by atoms with van der Waals surface area (Å²) in [6.45, 7) is 0. The molecule has 4 rings (SSSR count). The molecule has 1 unspecified atom stereocenters. The van der Waals surface area contributed by atoms with Gasteiger partial charge >= 0.3 is 0 Å². The van der Waals surface area contributed by atoms with Crippen LogP contribution in [0.3, 0.4) is 0 Å². The van der Waals surface area contributed by atoms with Gasteiger partial charge in [0, 0.05) is 15.8 Å². The summed E-state index contributed by atoms with van der Waals surface area (Å²) < 4.78 is 0. The molecule has 4 heteroatoms. The van der Waals surface area contributed by atoms with Gasteiger partial charge in [0.25, 0.3) is 0 Å². The smallest absolute Gasteiger partial charge is 0.0897 e. The molecule has 1 saturated carbocycles. The summed E-state index contributed by atoms with van der Waals surface area (Å²) in [4.78, 5) is 4.80. The van der Waals surface area contributed by atoms with E-state index in [1.165, 1.54) is 21.2 Å². The summed E-state index contributed by atoms with van der Waals surface area (Å²) in [5.41, 5.74) is 8.50. The number of para-hydroxylation sites is 2. The quantitative estimate of drug-likeness (QED) is 0.846. The number of nitrogens with zero attached hydrogens (tertiary/aromatic N) is 1. The Bertz CT molecular complexity index is 645. The summed E-state index contributed by atoms with van der Waals surface area (Å²) >= 11 is 1.80. The Hall–Kier alpha value is -1.49. The van der Waals surface area contributed by atoms with E-state index in [2.05, 4.69) is 53.4 Å². The lowest BCUT2D eigenvalue weighted by Crippen LogP contribution is -2.53. The summed E-state index contributed by atoms with van der Waals surface area (Å²) in [7, 11) is 0. The van der Waals surface area contributed by atoms with Gasteiger partial charge in [0.1, 0.15) is 0 Å². The minimum Gasteiger partial charge on any atom is -0.389 e. The Labute approximate surface area is 135 Å². The maximum atomic E-state index is 10.7. The predicted octanol–water partition coefficient (Wildman–Crippen LogP) is 3.53. The summed E-state index contributed by atoms with van der Waals surface area (Å²) in [5, 5.41) is 10.7. The number of fused-ring (bicyclic) bond motifs is 2. The second kappa shape index (κ2) is 5.61. The zero-order chi connectivity index (χ0) is 15.1. The lowest BCUT2D eigenvalue weighted by molar-refractivity contribution is 0.0875. The minimum atomic E-state index is -0.488. The fourth-order valence-corrected chi connectivity index (χ4v) is 4.63. The highest BCUT2D eigenvalue weighted by Gasteiger charge is 2.37. The molecule has 3 N–H and O–H groups in total. The number of nitrogens with two attached hydrogens (primary N) is 1. The number of aliphatic hydroxyl groups excluding tert-OH is 1. The zero-order valence-corrected chi connectivity index (χ0v) is 13.2. The van der Waals surface area contributed by atoms with Gasteiger partial charge in [-0.2, -0.15) is 0 Å². The molecular weight excluding hydrogens is 292 g/mol. The van der Waals surface area contributed by atoms with E-state index in [1.54, 1.807) is 11.8 Å². The maximum Gasteiger partial charge on any atom is 0.0897 e. The van der Waals surface area contributed by atoms with Crippen molar-refractivity contribution in [3.8, 4) is 0 Å². The van der Waals surface area contributed by atoms with E-state index in [4.69, 9.17) is 5.73 Å². The SMILES string of the molecule is N[C@@H]1CCC[C@@H](N2c3ccccc3Sc3ccccc32)C1O. The van der Waals surface area contributed by atoms with E-state index in [0.29, 0.717) is 0 Å². The predicted molar refractivity (Wildman–Crippen MR) is 90.8 cm³/mol. The third-order valence-electron chi connectivity index (χ3n) is 4.67. The lowest BCUT2D eigenvalue weighted by Gasteiger charge is -2.44. The fraction of sp³-hybridized carbons (Fsp3) is 0.333. The average molecular weight is 312 g/mol. The Balaban J connectivity index is 1.84. The van der Waals surface area contributed by atoms with Crippen LogP contribution >= 0.6 is 11.8 Å². The van der Waals surface area contributed by atoms with E-state index in [-0.39, 0.29) is 12.1 Å². The highest BCUT2D eigenvalue weighted by Crippen LogP contribution is 2.50. The van der Waals surface area contributed by atoms with E-state index in [1.807, 2.05) is 0 Å². The normalized spacial score (nSPS) is 27.2. The number of aliphatic hydroxyl groups is 1. The molecule has 3 atom stereocenters. The van der Waals surface area contributed by atoms with Gasteiger partial charge in [-0.05, 0) is 43.5 Å². The second-order valence-electron chi connectivity index (χ2n) is 6.06. The Kier molecular flexibility index (Phi) is 3.60. The van der Waals surface area contributed by atoms with Gasteiger partial charge in [-0.1, -0.05) is 36.0 Å². The van der Waals surface area contributed by atoms with Crippen LogP contribution < -0.4 is 10.6 Å². The number of hydrogen-bond acceptors (Lipinski definition) is 4. The molecule has 1 aliphatic carbocycles. The van der Waals surface area contributed by atoms with Crippen LogP contribution in [0, 0.1) is 0 Å². The van der Waals surface area contributed by atoms with Gasteiger partial charge < -0.3 is 15.7 Å². The molecule has 2 aromatic rings. The molecule has 0 spiro atoms. The third-order valence-corrected chi connectivity index (χ3v) is 5.80. The zero-order valence-electron chi connectivity index (χ0n) is 12.4. The van der Waals surface area contributed by atoms with Crippen LogP contribution in [0.2, 0.25) is 0 Å². The lowest BCUT2D eigenvalue weighted by atomic mass is 9.87.